The largest absolute Gasteiger partial charge is 0.491 e. The average molecular weight is 779 g/mol. The summed E-state index contributed by atoms with van der Waals surface area (Å²) in [7, 11) is 0. The van der Waals surface area contributed by atoms with E-state index >= 15 is 0 Å². The molecule has 1 heterocycles. The molecule has 2 atom stereocenters. The van der Waals surface area contributed by atoms with Crippen molar-refractivity contribution in [3.05, 3.63) is 29.8 Å². The second-order valence-corrected chi connectivity index (χ2v) is 15.6. The Balaban J connectivity index is 2.50. The van der Waals surface area contributed by atoms with Gasteiger partial charge in [-0.1, -0.05) is 19.1 Å². The van der Waals surface area contributed by atoms with Gasteiger partial charge >= 0.3 is 23.9 Å². The number of nitrogens with zero attached hydrogens (tertiary/aromatic N) is 4. The van der Waals surface area contributed by atoms with Crippen molar-refractivity contribution in [2.75, 3.05) is 98.5 Å². The zero-order valence-corrected chi connectivity index (χ0v) is 35.4. The quantitative estimate of drug-likeness (QED) is 0.121. The van der Waals surface area contributed by atoms with Gasteiger partial charge in [0.25, 0.3) is 0 Å². The summed E-state index contributed by atoms with van der Waals surface area (Å²) < 4.78 is 33.7. The van der Waals surface area contributed by atoms with E-state index in [0.29, 0.717) is 90.8 Å². The first-order valence-electron chi connectivity index (χ1n) is 20.0. The van der Waals surface area contributed by atoms with Crippen LogP contribution in [0.2, 0.25) is 0 Å². The SMILES string of the molecule is CCOCCOc1ccc(CC(C(=O)OCC)N2CCN(CC(=O)OC(C)(C)C)CCN([C@@H](CC)C(=O)OCC)CCN(CC(=O)OC(C)(C)C)CC2)cc1. The van der Waals surface area contributed by atoms with Gasteiger partial charge in [-0.3, -0.25) is 38.8 Å². The van der Waals surface area contributed by atoms with E-state index in [1.165, 1.54) is 0 Å². The molecule has 0 radical (unpaired) electrons. The third-order valence-corrected chi connectivity index (χ3v) is 8.80. The number of hydrogen-bond acceptors (Lipinski definition) is 14. The molecule has 55 heavy (non-hydrogen) atoms. The van der Waals surface area contributed by atoms with E-state index in [9.17, 15) is 19.2 Å². The van der Waals surface area contributed by atoms with Crippen LogP contribution in [-0.4, -0.2) is 165 Å². The zero-order valence-electron chi connectivity index (χ0n) is 35.4. The van der Waals surface area contributed by atoms with Crippen LogP contribution in [0.25, 0.3) is 0 Å². The van der Waals surface area contributed by atoms with Gasteiger partial charge < -0.3 is 28.4 Å². The van der Waals surface area contributed by atoms with Gasteiger partial charge in [-0.2, -0.15) is 0 Å². The standard InChI is InChI=1S/C41H70N4O10/c1-11-34(38(48)51-13-3)44-23-19-42(30-36(46)54-40(5,6)7)21-25-45(26-22-43(20-24-44)31-37(47)55-41(8,9)10)35(39(49)52-14-4)29-32-15-17-33(18-16-32)53-28-27-50-12-2/h15-18,34-35H,11-14,19-31H2,1-10H3/t34-,35?/m0/s1. The maximum absolute atomic E-state index is 13.8. The molecular weight excluding hydrogens is 708 g/mol. The lowest BCUT2D eigenvalue weighted by Crippen LogP contribution is -2.54. The monoisotopic (exact) mass is 779 g/mol. The van der Waals surface area contributed by atoms with Crippen molar-refractivity contribution in [1.29, 1.82) is 0 Å². The number of carbonyl (C=O) groups is 4. The van der Waals surface area contributed by atoms with Crippen molar-refractivity contribution in [2.45, 2.75) is 105 Å². The predicted octanol–water partition coefficient (Wildman–Crippen LogP) is 3.82. The molecular formula is C41H70N4O10. The highest BCUT2D eigenvalue weighted by molar-refractivity contribution is 5.76. The third-order valence-electron chi connectivity index (χ3n) is 8.80. The Labute approximate surface area is 330 Å². The molecule has 0 bridgehead atoms. The lowest BCUT2D eigenvalue weighted by atomic mass is 10.0. The summed E-state index contributed by atoms with van der Waals surface area (Å²) in [6, 6.07) is 6.52. The first-order valence-corrected chi connectivity index (χ1v) is 20.0. The molecule has 0 spiro atoms. The van der Waals surface area contributed by atoms with Gasteiger partial charge in [-0.25, -0.2) is 0 Å². The van der Waals surface area contributed by atoms with Crippen LogP contribution in [0.3, 0.4) is 0 Å². The molecule has 0 aromatic heterocycles. The topological polar surface area (TPSA) is 137 Å². The third kappa shape index (κ3) is 19.4. The molecule has 0 saturated carbocycles. The van der Waals surface area contributed by atoms with E-state index in [4.69, 9.17) is 28.4 Å². The molecule has 1 fully saturated rings. The summed E-state index contributed by atoms with van der Waals surface area (Å²) in [6.07, 6.45) is 0.911. The van der Waals surface area contributed by atoms with E-state index in [0.717, 1.165) is 5.56 Å². The minimum Gasteiger partial charge on any atom is -0.491 e. The summed E-state index contributed by atoms with van der Waals surface area (Å²) in [5.41, 5.74) is -0.386. The highest BCUT2D eigenvalue weighted by atomic mass is 16.6. The number of ether oxygens (including phenoxy) is 6. The molecule has 14 heteroatoms. The van der Waals surface area contributed by atoms with Crippen LogP contribution in [0.15, 0.2) is 24.3 Å². The Morgan fingerprint density at radius 1 is 0.600 bits per heavy atom. The Bertz CT molecular complexity index is 1250. The van der Waals surface area contributed by atoms with Gasteiger partial charge in [0.15, 0.2) is 0 Å². The van der Waals surface area contributed by atoms with E-state index in [2.05, 4.69) is 9.80 Å². The van der Waals surface area contributed by atoms with Crippen LogP contribution in [0.4, 0.5) is 0 Å². The number of benzene rings is 1. The van der Waals surface area contributed by atoms with Gasteiger partial charge in [0.05, 0.1) is 32.9 Å². The van der Waals surface area contributed by atoms with Crippen molar-refractivity contribution in [1.82, 2.24) is 19.6 Å². The van der Waals surface area contributed by atoms with E-state index < -0.39 is 23.3 Å². The lowest BCUT2D eigenvalue weighted by molar-refractivity contribution is -0.157. The van der Waals surface area contributed by atoms with Gasteiger partial charge in [-0.15, -0.1) is 0 Å². The fourth-order valence-corrected chi connectivity index (χ4v) is 6.30. The molecule has 0 amide bonds. The Kier molecular flexibility index (Phi) is 21.2. The van der Waals surface area contributed by atoms with Crippen LogP contribution >= 0.6 is 0 Å². The van der Waals surface area contributed by atoms with Gasteiger partial charge in [0, 0.05) is 59.0 Å². The number of esters is 4. The van der Waals surface area contributed by atoms with E-state index in [-0.39, 0.29) is 50.2 Å². The second kappa shape index (κ2) is 24.4. The van der Waals surface area contributed by atoms with Crippen molar-refractivity contribution in [3.8, 4) is 5.75 Å². The summed E-state index contributed by atoms with van der Waals surface area (Å²) >= 11 is 0. The van der Waals surface area contributed by atoms with Crippen molar-refractivity contribution < 1.29 is 47.6 Å². The summed E-state index contributed by atoms with van der Waals surface area (Å²) in [6.45, 7) is 24.1. The molecule has 1 aromatic rings. The highest BCUT2D eigenvalue weighted by Gasteiger charge is 2.32. The molecule has 2 rings (SSSR count). The van der Waals surface area contributed by atoms with Crippen LogP contribution in [0, 0.1) is 0 Å². The van der Waals surface area contributed by atoms with Gasteiger partial charge in [0.1, 0.15) is 35.6 Å². The predicted molar refractivity (Wildman–Crippen MR) is 211 cm³/mol. The lowest BCUT2D eigenvalue weighted by Gasteiger charge is -2.38. The molecule has 0 N–H and O–H groups in total. The number of carbonyl (C=O) groups excluding carboxylic acids is 4. The summed E-state index contributed by atoms with van der Waals surface area (Å²) in [5.74, 6) is -0.660. The normalized spacial score (nSPS) is 17.3. The van der Waals surface area contributed by atoms with Gasteiger partial charge in [-0.05, 0) is 92.9 Å². The van der Waals surface area contributed by atoms with E-state index in [1.54, 1.807) is 13.8 Å². The molecule has 314 valence electrons. The Morgan fingerprint density at radius 2 is 1.04 bits per heavy atom. The molecule has 14 nitrogen and oxygen atoms in total. The average Bonchev–Trinajstić information content (AvgIpc) is 3.08. The smallest absolute Gasteiger partial charge is 0.323 e. The minimum atomic E-state index is -0.657. The molecule has 1 saturated heterocycles. The minimum absolute atomic E-state index is 0.0365. The molecule has 1 unspecified atom stereocenters. The number of hydrogen-bond donors (Lipinski definition) is 0. The maximum Gasteiger partial charge on any atom is 0.323 e. The van der Waals surface area contributed by atoms with Crippen molar-refractivity contribution in [2.24, 2.45) is 0 Å². The Hall–Kier alpha value is -3.30. The zero-order chi connectivity index (χ0) is 41.0. The maximum atomic E-state index is 13.8. The first kappa shape index (κ1) is 47.9. The Morgan fingerprint density at radius 3 is 1.44 bits per heavy atom. The highest BCUT2D eigenvalue weighted by Crippen LogP contribution is 2.18. The molecule has 0 aliphatic carbocycles. The van der Waals surface area contributed by atoms with Crippen LogP contribution in [0.5, 0.6) is 5.75 Å². The van der Waals surface area contributed by atoms with Crippen molar-refractivity contribution in [3.63, 3.8) is 0 Å². The van der Waals surface area contributed by atoms with Crippen LogP contribution in [0.1, 0.15) is 81.2 Å². The molecule has 1 aliphatic rings. The van der Waals surface area contributed by atoms with E-state index in [1.807, 2.05) is 89.5 Å². The second-order valence-electron chi connectivity index (χ2n) is 15.6. The summed E-state index contributed by atoms with van der Waals surface area (Å²) in [5, 5.41) is 0. The first-order chi connectivity index (χ1) is 26.0. The fourth-order valence-electron chi connectivity index (χ4n) is 6.30. The van der Waals surface area contributed by atoms with Crippen LogP contribution < -0.4 is 4.74 Å². The fraction of sp³-hybridized carbons (Fsp3) is 0.756. The summed E-state index contributed by atoms with van der Waals surface area (Å²) in [4.78, 5) is 61.5. The van der Waals surface area contributed by atoms with Crippen molar-refractivity contribution >= 4 is 23.9 Å². The number of rotatable bonds is 18. The molecule has 1 aliphatic heterocycles. The van der Waals surface area contributed by atoms with Crippen LogP contribution in [-0.2, 0) is 49.3 Å². The van der Waals surface area contributed by atoms with Gasteiger partial charge in [0.2, 0.25) is 0 Å². The molecule has 1 aromatic carbocycles.